The van der Waals surface area contributed by atoms with Crippen LogP contribution >= 0.6 is 0 Å². The Bertz CT molecular complexity index is 4170. The maximum atomic E-state index is 2.49. The standard InChI is InChI=1S/C65H44N2/c1-65(2)59-39-47(28-34-62(59)67(48-29-24-42-16-6-7-18-44(42)36-48)63-35-26-43-17-8-9-19-50(43)64(63)65)46-27-33-61-58(38-46)55-22-12-13-23-60(55)66(61)49-30-32-54-53-31-25-45(41-14-4-3-5-15-41)37-56(53)51-20-10-11-21-52(51)57(54)40-49/h3-40H,1-2H3. The Morgan fingerprint density at radius 2 is 0.836 bits per heavy atom. The van der Waals surface area contributed by atoms with E-state index in [4.69, 9.17) is 0 Å². The van der Waals surface area contributed by atoms with Crippen molar-refractivity contribution in [2.75, 3.05) is 4.90 Å². The van der Waals surface area contributed by atoms with Crippen LogP contribution < -0.4 is 4.90 Å². The zero-order chi connectivity index (χ0) is 44.4. The van der Waals surface area contributed by atoms with Crippen LogP contribution in [-0.4, -0.2) is 4.57 Å². The van der Waals surface area contributed by atoms with E-state index in [2.05, 4.69) is 254 Å². The SMILES string of the molecule is CC1(C)c2cc(-c3ccc4c(c3)c3ccccc3n4-c3ccc4c5ccc(-c6ccccc6)cc5c5ccccc5c4c3)ccc2N(c2ccc3ccccc3c2)c2ccc3ccccc3c21. The van der Waals surface area contributed by atoms with Crippen molar-refractivity contribution in [3.63, 3.8) is 0 Å². The fourth-order valence-corrected chi connectivity index (χ4v) is 11.7. The minimum Gasteiger partial charge on any atom is -0.310 e. The first-order valence-corrected chi connectivity index (χ1v) is 23.4. The van der Waals surface area contributed by atoms with Crippen molar-refractivity contribution in [1.29, 1.82) is 0 Å². The summed E-state index contributed by atoms with van der Waals surface area (Å²) in [7, 11) is 0. The number of nitrogens with zero attached hydrogens (tertiary/aromatic N) is 2. The van der Waals surface area contributed by atoms with Crippen molar-refractivity contribution in [3.05, 3.63) is 242 Å². The van der Waals surface area contributed by atoms with E-state index < -0.39 is 0 Å². The second-order valence-electron chi connectivity index (χ2n) is 18.9. The van der Waals surface area contributed by atoms with Gasteiger partial charge in [0.05, 0.1) is 22.4 Å². The largest absolute Gasteiger partial charge is 0.310 e. The molecule has 0 unspecified atom stereocenters. The predicted octanol–water partition coefficient (Wildman–Crippen LogP) is 18.0. The number of hydrogen-bond donors (Lipinski definition) is 0. The van der Waals surface area contributed by atoms with Gasteiger partial charge in [-0.2, -0.15) is 0 Å². The molecule has 14 rings (SSSR count). The molecule has 314 valence electrons. The van der Waals surface area contributed by atoms with Gasteiger partial charge in [0.25, 0.3) is 0 Å². The van der Waals surface area contributed by atoms with Crippen LogP contribution in [0.15, 0.2) is 231 Å². The fraction of sp³-hybridized carbons (Fsp3) is 0.0462. The van der Waals surface area contributed by atoms with Crippen LogP contribution in [0.3, 0.4) is 0 Å². The van der Waals surface area contributed by atoms with Crippen LogP contribution in [-0.2, 0) is 5.41 Å². The van der Waals surface area contributed by atoms with Crippen molar-refractivity contribution >= 4 is 92.7 Å². The minimum atomic E-state index is -0.273. The number of fused-ring (bicyclic) bond motifs is 14. The normalized spacial score (nSPS) is 13.3. The zero-order valence-electron chi connectivity index (χ0n) is 37.3. The summed E-state index contributed by atoms with van der Waals surface area (Å²) in [6.07, 6.45) is 0. The first kappa shape index (κ1) is 37.9. The quantitative estimate of drug-likeness (QED) is 0.160. The molecule has 0 saturated heterocycles. The number of rotatable bonds is 4. The topological polar surface area (TPSA) is 8.17 Å². The Balaban J connectivity index is 0.931. The third-order valence-corrected chi connectivity index (χ3v) is 14.9. The summed E-state index contributed by atoms with van der Waals surface area (Å²) in [5, 5.41) is 15.2. The number of para-hydroxylation sites is 1. The van der Waals surface area contributed by atoms with Gasteiger partial charge in [-0.1, -0.05) is 178 Å². The second-order valence-corrected chi connectivity index (χ2v) is 18.9. The lowest BCUT2D eigenvalue weighted by Crippen LogP contribution is -2.31. The Hall–Kier alpha value is -8.46. The highest BCUT2D eigenvalue weighted by atomic mass is 15.2. The molecule has 1 aliphatic rings. The molecule has 1 aromatic heterocycles. The Labute approximate surface area is 389 Å². The molecule has 0 spiro atoms. The van der Waals surface area contributed by atoms with Gasteiger partial charge < -0.3 is 9.47 Å². The Kier molecular flexibility index (Phi) is 8.06. The molecule has 13 aromatic rings. The fourth-order valence-electron chi connectivity index (χ4n) is 11.7. The average molecular weight is 853 g/mol. The highest BCUT2D eigenvalue weighted by molar-refractivity contribution is 6.26. The van der Waals surface area contributed by atoms with Gasteiger partial charge in [0.15, 0.2) is 0 Å². The molecule has 0 radical (unpaired) electrons. The average Bonchev–Trinajstić information content (AvgIpc) is 3.72. The van der Waals surface area contributed by atoms with E-state index in [9.17, 15) is 0 Å². The van der Waals surface area contributed by atoms with Gasteiger partial charge in [0, 0.05) is 27.6 Å². The molecule has 12 aromatic carbocycles. The summed E-state index contributed by atoms with van der Waals surface area (Å²) >= 11 is 0. The molecule has 1 aliphatic heterocycles. The van der Waals surface area contributed by atoms with Gasteiger partial charge in [-0.25, -0.2) is 0 Å². The highest BCUT2D eigenvalue weighted by Gasteiger charge is 2.38. The molecule has 0 fully saturated rings. The highest BCUT2D eigenvalue weighted by Crippen LogP contribution is 2.55. The van der Waals surface area contributed by atoms with E-state index in [0.29, 0.717) is 0 Å². The molecule has 2 heterocycles. The van der Waals surface area contributed by atoms with E-state index in [1.165, 1.54) is 126 Å². The van der Waals surface area contributed by atoms with Crippen molar-refractivity contribution in [2.45, 2.75) is 19.3 Å². The second kappa shape index (κ2) is 14.3. The van der Waals surface area contributed by atoms with Gasteiger partial charge in [0.2, 0.25) is 0 Å². The third-order valence-electron chi connectivity index (χ3n) is 14.9. The summed E-state index contributed by atoms with van der Waals surface area (Å²) in [6, 6.07) is 85.8. The van der Waals surface area contributed by atoms with E-state index in [-0.39, 0.29) is 5.41 Å². The summed E-state index contributed by atoms with van der Waals surface area (Å²) in [5.74, 6) is 0. The van der Waals surface area contributed by atoms with Gasteiger partial charge in [-0.05, 0) is 154 Å². The Morgan fingerprint density at radius 1 is 0.299 bits per heavy atom. The van der Waals surface area contributed by atoms with Crippen LogP contribution in [0.5, 0.6) is 0 Å². The molecule has 0 atom stereocenters. The zero-order valence-corrected chi connectivity index (χ0v) is 37.3. The first-order valence-electron chi connectivity index (χ1n) is 23.4. The molecule has 0 amide bonds. The maximum absolute atomic E-state index is 2.49. The molecule has 0 aliphatic carbocycles. The van der Waals surface area contributed by atoms with E-state index >= 15 is 0 Å². The smallest absolute Gasteiger partial charge is 0.0541 e. The molecule has 0 N–H and O–H groups in total. The number of hydrogen-bond acceptors (Lipinski definition) is 1. The van der Waals surface area contributed by atoms with Crippen LogP contribution in [0.25, 0.3) is 104 Å². The molecule has 0 bridgehead atoms. The van der Waals surface area contributed by atoms with Crippen molar-refractivity contribution in [1.82, 2.24) is 4.57 Å². The third kappa shape index (κ3) is 5.63. The van der Waals surface area contributed by atoms with Crippen LogP contribution in [0.4, 0.5) is 17.1 Å². The van der Waals surface area contributed by atoms with Crippen LogP contribution in [0, 0.1) is 0 Å². The number of anilines is 3. The number of benzene rings is 12. The minimum absolute atomic E-state index is 0.273. The molecule has 0 saturated carbocycles. The lowest BCUT2D eigenvalue weighted by atomic mass is 9.71. The summed E-state index contributed by atoms with van der Waals surface area (Å²) in [4.78, 5) is 2.49. The predicted molar refractivity (Wildman–Crippen MR) is 286 cm³/mol. The molecule has 67 heavy (non-hydrogen) atoms. The Morgan fingerprint density at radius 3 is 1.66 bits per heavy atom. The van der Waals surface area contributed by atoms with E-state index in [0.717, 1.165) is 5.69 Å². The first-order chi connectivity index (χ1) is 33.0. The summed E-state index contributed by atoms with van der Waals surface area (Å²) in [6.45, 7) is 4.82. The molecular weight excluding hydrogens is 809 g/mol. The van der Waals surface area contributed by atoms with E-state index in [1.54, 1.807) is 0 Å². The van der Waals surface area contributed by atoms with Crippen LogP contribution in [0.1, 0.15) is 25.0 Å². The van der Waals surface area contributed by atoms with Gasteiger partial charge in [-0.15, -0.1) is 0 Å². The maximum Gasteiger partial charge on any atom is 0.0541 e. The van der Waals surface area contributed by atoms with Crippen molar-refractivity contribution in [2.24, 2.45) is 0 Å². The van der Waals surface area contributed by atoms with Crippen molar-refractivity contribution in [3.8, 4) is 27.9 Å². The monoisotopic (exact) mass is 852 g/mol. The van der Waals surface area contributed by atoms with Gasteiger partial charge >= 0.3 is 0 Å². The summed E-state index contributed by atoms with van der Waals surface area (Å²) in [5.41, 5.74) is 14.5. The molecular formula is C65H44N2. The van der Waals surface area contributed by atoms with E-state index in [1.807, 2.05) is 0 Å². The van der Waals surface area contributed by atoms with Crippen molar-refractivity contribution < 1.29 is 0 Å². The van der Waals surface area contributed by atoms with Crippen LogP contribution in [0.2, 0.25) is 0 Å². The number of aromatic nitrogens is 1. The van der Waals surface area contributed by atoms with Gasteiger partial charge in [-0.3, -0.25) is 0 Å². The lowest BCUT2D eigenvalue weighted by Gasteiger charge is -2.43. The molecule has 2 nitrogen and oxygen atoms in total. The van der Waals surface area contributed by atoms with Gasteiger partial charge in [0.1, 0.15) is 0 Å². The summed E-state index contributed by atoms with van der Waals surface area (Å²) < 4.78 is 2.46. The molecule has 2 heteroatoms. The lowest BCUT2D eigenvalue weighted by molar-refractivity contribution is 0.638.